The molecule has 3 rings (SSSR count). The number of rotatable bonds is 3. The average molecular weight is 461 g/mol. The summed E-state index contributed by atoms with van der Waals surface area (Å²) >= 11 is 16.6. The first-order valence-electron chi connectivity index (χ1n) is 8.33. The van der Waals surface area contributed by atoms with Gasteiger partial charge in [-0.05, 0) is 66.0 Å². The van der Waals surface area contributed by atoms with Gasteiger partial charge in [-0.2, -0.15) is 0 Å². The third-order valence-corrected chi connectivity index (χ3v) is 4.45. The Balaban J connectivity index is 0.000000687. The van der Waals surface area contributed by atoms with Gasteiger partial charge in [-0.25, -0.2) is 0 Å². The lowest BCUT2D eigenvalue weighted by Crippen LogP contribution is -2.18. The Kier molecular flexibility index (Phi) is 7.96. The van der Waals surface area contributed by atoms with Gasteiger partial charge in [0.15, 0.2) is 5.11 Å². The van der Waals surface area contributed by atoms with Gasteiger partial charge in [0.25, 0.3) is 0 Å². The number of hydrogen-bond donors (Lipinski definition) is 2. The topological polar surface area (TPSA) is 61.3 Å². The molecule has 0 aromatic heterocycles. The summed E-state index contributed by atoms with van der Waals surface area (Å²) in [5.41, 5.74) is 12.8. The molecule has 4 N–H and O–H groups in total. The molecule has 0 spiro atoms. The zero-order valence-electron chi connectivity index (χ0n) is 15.0. The summed E-state index contributed by atoms with van der Waals surface area (Å²) < 4.78 is 40.6. The second-order valence-corrected chi connectivity index (χ2v) is 7.22. The maximum atomic E-state index is 12.2. The Bertz CT molecular complexity index is 917. The maximum absolute atomic E-state index is 12.2. The molecule has 1 aliphatic carbocycles. The predicted molar refractivity (Wildman–Crippen MR) is 116 cm³/mol. The maximum Gasteiger partial charge on any atom is 0.573 e. The van der Waals surface area contributed by atoms with Crippen LogP contribution in [0.4, 0.5) is 13.2 Å². The molecule has 2 aromatic rings. The highest BCUT2D eigenvalue weighted by Gasteiger charge is 2.31. The number of benzene rings is 2. The van der Waals surface area contributed by atoms with Crippen LogP contribution in [-0.2, 0) is 0 Å². The highest BCUT2D eigenvalue weighted by Crippen LogP contribution is 2.37. The van der Waals surface area contributed by atoms with Crippen LogP contribution in [0, 0.1) is 0 Å². The van der Waals surface area contributed by atoms with Crippen LogP contribution < -0.4 is 16.2 Å². The van der Waals surface area contributed by atoms with E-state index in [2.05, 4.69) is 34.5 Å². The molecule has 0 amide bonds. The van der Waals surface area contributed by atoms with Crippen molar-refractivity contribution >= 4 is 51.7 Å². The molecule has 1 aliphatic rings. The van der Waals surface area contributed by atoms with Crippen molar-refractivity contribution in [3.63, 3.8) is 0 Å². The molecule has 0 heterocycles. The second-order valence-electron chi connectivity index (χ2n) is 5.94. The minimum atomic E-state index is -4.69. The lowest BCUT2D eigenvalue weighted by molar-refractivity contribution is -0.274. The second kappa shape index (κ2) is 10.0. The molecule has 0 saturated carbocycles. The van der Waals surface area contributed by atoms with Crippen molar-refractivity contribution in [2.24, 2.45) is 11.5 Å². The van der Waals surface area contributed by atoms with E-state index < -0.39 is 6.36 Å². The van der Waals surface area contributed by atoms with E-state index in [-0.39, 0.29) is 10.9 Å². The molecule has 9 heteroatoms. The zero-order chi connectivity index (χ0) is 21.6. The van der Waals surface area contributed by atoms with Crippen LogP contribution in [0.3, 0.4) is 0 Å². The quantitative estimate of drug-likeness (QED) is 0.524. The highest BCUT2D eigenvalue weighted by atomic mass is 35.5. The van der Waals surface area contributed by atoms with E-state index in [1.165, 1.54) is 12.1 Å². The Morgan fingerprint density at radius 2 is 1.55 bits per heavy atom. The van der Waals surface area contributed by atoms with E-state index in [1.807, 2.05) is 6.08 Å². The monoisotopic (exact) mass is 460 g/mol. The van der Waals surface area contributed by atoms with Crippen LogP contribution in [0.5, 0.6) is 5.75 Å². The third-order valence-electron chi connectivity index (χ3n) is 3.82. The number of ether oxygens (including phenoxy) is 1. The molecule has 2 aromatic carbocycles. The first-order chi connectivity index (χ1) is 13.6. The van der Waals surface area contributed by atoms with Crippen molar-refractivity contribution < 1.29 is 17.9 Å². The first-order valence-corrected chi connectivity index (χ1v) is 9.49. The zero-order valence-corrected chi connectivity index (χ0v) is 17.3. The van der Waals surface area contributed by atoms with Crippen LogP contribution in [-0.4, -0.2) is 11.5 Å². The Morgan fingerprint density at radius 1 is 1.00 bits per heavy atom. The summed E-state index contributed by atoms with van der Waals surface area (Å²) in [6, 6.07) is 11.2. The summed E-state index contributed by atoms with van der Waals surface area (Å²) in [6.45, 7) is 0. The van der Waals surface area contributed by atoms with Gasteiger partial charge in [0.1, 0.15) is 5.75 Å². The molecule has 0 radical (unpaired) electrons. The summed E-state index contributed by atoms with van der Waals surface area (Å²) in [5, 5.41) is 1.12. The third kappa shape index (κ3) is 7.27. The van der Waals surface area contributed by atoms with Crippen LogP contribution in [0.2, 0.25) is 10.0 Å². The molecular weight excluding hydrogens is 444 g/mol. The van der Waals surface area contributed by atoms with Crippen molar-refractivity contribution in [3.8, 4) is 5.75 Å². The Morgan fingerprint density at radius 3 is 2.07 bits per heavy atom. The molecular formula is C20H17Cl2F3N2OS. The van der Waals surface area contributed by atoms with Crippen LogP contribution in [0.1, 0.15) is 24.0 Å². The normalized spacial score (nSPS) is 13.6. The van der Waals surface area contributed by atoms with Crippen molar-refractivity contribution in [1.82, 2.24) is 0 Å². The molecule has 154 valence electrons. The number of nitrogens with two attached hydrogens (primary N) is 2. The molecule has 0 unspecified atom stereocenters. The van der Waals surface area contributed by atoms with Gasteiger partial charge in [-0.15, -0.1) is 13.2 Å². The van der Waals surface area contributed by atoms with E-state index in [9.17, 15) is 13.2 Å². The van der Waals surface area contributed by atoms with Crippen LogP contribution in [0.25, 0.3) is 11.1 Å². The standard InChI is InChI=1S/C19H13Cl2F3O.CH4N2S/c20-16-5-2-6-17(21)18(16)14-4-1-3-13(11-14)12-7-9-15(10-8-12)25-19(22,23)24;2-1(3)4/h2,4-11H,1,3H2;(H4,2,3,4). The fraction of sp³-hybridized carbons (Fsp3) is 0.150. The summed E-state index contributed by atoms with van der Waals surface area (Å²) in [4.78, 5) is 0. The summed E-state index contributed by atoms with van der Waals surface area (Å²) in [7, 11) is 0. The van der Waals surface area contributed by atoms with E-state index in [1.54, 1.807) is 30.3 Å². The first kappa shape index (κ1) is 23.1. The van der Waals surface area contributed by atoms with Gasteiger partial charge in [0.05, 0.1) is 0 Å². The fourth-order valence-electron chi connectivity index (χ4n) is 2.75. The van der Waals surface area contributed by atoms with Crippen LogP contribution in [0.15, 0.2) is 54.6 Å². The van der Waals surface area contributed by atoms with Gasteiger partial charge < -0.3 is 16.2 Å². The largest absolute Gasteiger partial charge is 0.573 e. The van der Waals surface area contributed by atoms with E-state index >= 15 is 0 Å². The van der Waals surface area contributed by atoms with E-state index in [0.29, 0.717) is 10.0 Å². The van der Waals surface area contributed by atoms with Gasteiger partial charge in [0.2, 0.25) is 0 Å². The number of thiocarbonyl (C=S) groups is 1. The molecule has 29 heavy (non-hydrogen) atoms. The number of allylic oxidation sites excluding steroid dienone is 4. The summed E-state index contributed by atoms with van der Waals surface area (Å²) in [6.07, 6.45) is 0.908. The van der Waals surface area contributed by atoms with Crippen molar-refractivity contribution in [1.29, 1.82) is 0 Å². The van der Waals surface area contributed by atoms with Crippen LogP contribution >= 0.6 is 35.4 Å². The fourth-order valence-corrected chi connectivity index (χ4v) is 3.36. The van der Waals surface area contributed by atoms with Crippen molar-refractivity contribution in [2.75, 3.05) is 0 Å². The van der Waals surface area contributed by atoms with Gasteiger partial charge in [0, 0.05) is 15.6 Å². The molecule has 0 fully saturated rings. The van der Waals surface area contributed by atoms with E-state index in [4.69, 9.17) is 23.2 Å². The smallest absolute Gasteiger partial charge is 0.406 e. The van der Waals surface area contributed by atoms with Crippen molar-refractivity contribution in [2.45, 2.75) is 19.2 Å². The van der Waals surface area contributed by atoms with Gasteiger partial charge in [-0.1, -0.05) is 53.6 Å². The lowest BCUT2D eigenvalue weighted by atomic mass is 9.90. The lowest BCUT2D eigenvalue weighted by Gasteiger charge is -2.17. The minimum absolute atomic E-state index is 0.000000000000000222. The number of halogens is 5. The Labute approximate surface area is 181 Å². The van der Waals surface area contributed by atoms with Gasteiger partial charge in [-0.3, -0.25) is 0 Å². The summed E-state index contributed by atoms with van der Waals surface area (Å²) in [5.74, 6) is -0.238. The average Bonchev–Trinajstić information content (AvgIpc) is 2.61. The molecule has 0 aliphatic heterocycles. The number of hydrogen-bond acceptors (Lipinski definition) is 2. The molecule has 0 saturated heterocycles. The molecule has 0 bridgehead atoms. The highest BCUT2D eigenvalue weighted by molar-refractivity contribution is 7.80. The predicted octanol–water partition coefficient (Wildman–Crippen LogP) is 6.34. The van der Waals surface area contributed by atoms with Gasteiger partial charge >= 0.3 is 6.36 Å². The minimum Gasteiger partial charge on any atom is -0.406 e. The number of alkyl halides is 3. The SMILES string of the molecule is FC(F)(F)Oc1ccc(C2=CC(c3c(Cl)cccc3Cl)=CCC2)cc1.NC(N)=S. The van der Waals surface area contributed by atoms with Crippen molar-refractivity contribution in [3.05, 3.63) is 75.8 Å². The molecule has 3 nitrogen and oxygen atoms in total. The van der Waals surface area contributed by atoms with E-state index in [0.717, 1.165) is 35.1 Å². The molecule has 0 atom stereocenters. The Hall–Kier alpha value is -2.22.